The second-order valence-corrected chi connectivity index (χ2v) is 7.32. The van der Waals surface area contributed by atoms with Crippen LogP contribution in [-0.2, 0) is 0 Å². The summed E-state index contributed by atoms with van der Waals surface area (Å²) in [6.07, 6.45) is 8.42. The largest absolute Gasteiger partial charge is 0.296 e. The molecule has 1 fully saturated rings. The molecule has 4 rings (SSSR count). The Kier molecular flexibility index (Phi) is 4.98. The summed E-state index contributed by atoms with van der Waals surface area (Å²) in [5.41, 5.74) is 3.43. The van der Waals surface area contributed by atoms with Crippen LogP contribution in [0.15, 0.2) is 60.7 Å². The van der Waals surface area contributed by atoms with Gasteiger partial charge in [0.05, 0.1) is 0 Å². The van der Waals surface area contributed by atoms with Crippen LogP contribution in [0.4, 0.5) is 4.39 Å². The molecular formula is C23H26FN. The summed E-state index contributed by atoms with van der Waals surface area (Å²) in [5.74, 6) is 0.542. The normalized spacial score (nSPS) is 24.8. The number of benzene rings is 2. The molecule has 2 aromatic carbocycles. The first-order chi connectivity index (χ1) is 12.3. The van der Waals surface area contributed by atoms with Gasteiger partial charge in [-0.2, -0.15) is 0 Å². The maximum atomic E-state index is 14.1. The molecule has 1 aliphatic carbocycles. The van der Waals surface area contributed by atoms with Gasteiger partial charge in [-0.15, -0.1) is 0 Å². The minimum Gasteiger partial charge on any atom is -0.296 e. The third-order valence-electron chi connectivity index (χ3n) is 5.89. The van der Waals surface area contributed by atoms with Crippen molar-refractivity contribution in [3.05, 3.63) is 77.6 Å². The molecule has 2 aromatic rings. The van der Waals surface area contributed by atoms with Crippen LogP contribution in [0.5, 0.6) is 0 Å². The number of rotatable bonds is 3. The van der Waals surface area contributed by atoms with Crippen LogP contribution in [0.3, 0.4) is 0 Å². The van der Waals surface area contributed by atoms with Gasteiger partial charge in [0, 0.05) is 24.7 Å². The molecule has 130 valence electrons. The zero-order valence-electron chi connectivity index (χ0n) is 14.7. The number of hydrogen-bond acceptors (Lipinski definition) is 1. The first kappa shape index (κ1) is 16.5. The Balaban J connectivity index is 1.51. The first-order valence-corrected chi connectivity index (χ1v) is 9.56. The number of nitrogens with zero attached hydrogens (tertiary/aromatic N) is 1. The van der Waals surface area contributed by atoms with Crippen molar-refractivity contribution >= 4 is 5.57 Å². The number of hydrogen-bond donors (Lipinski definition) is 0. The first-order valence-electron chi connectivity index (χ1n) is 9.56. The van der Waals surface area contributed by atoms with Gasteiger partial charge in [-0.3, -0.25) is 4.90 Å². The molecule has 2 atom stereocenters. The summed E-state index contributed by atoms with van der Waals surface area (Å²) in [4.78, 5) is 2.63. The average molecular weight is 335 g/mol. The Hall–Kier alpha value is -1.93. The van der Waals surface area contributed by atoms with Gasteiger partial charge in [-0.25, -0.2) is 4.39 Å². The van der Waals surface area contributed by atoms with E-state index in [1.807, 2.05) is 12.1 Å². The van der Waals surface area contributed by atoms with E-state index in [-0.39, 0.29) is 5.82 Å². The van der Waals surface area contributed by atoms with Crippen molar-refractivity contribution in [3.63, 3.8) is 0 Å². The Bertz CT molecular complexity index is 737. The van der Waals surface area contributed by atoms with Crippen molar-refractivity contribution in [2.24, 2.45) is 0 Å². The van der Waals surface area contributed by atoms with Crippen LogP contribution in [0.25, 0.3) is 5.57 Å². The Morgan fingerprint density at radius 3 is 2.40 bits per heavy atom. The Morgan fingerprint density at radius 2 is 1.64 bits per heavy atom. The van der Waals surface area contributed by atoms with E-state index in [1.54, 1.807) is 12.1 Å². The van der Waals surface area contributed by atoms with Crippen LogP contribution in [0.1, 0.15) is 49.1 Å². The van der Waals surface area contributed by atoms with Crippen molar-refractivity contribution in [1.29, 1.82) is 0 Å². The van der Waals surface area contributed by atoms with E-state index in [4.69, 9.17) is 0 Å². The molecular weight excluding hydrogens is 309 g/mol. The van der Waals surface area contributed by atoms with Crippen molar-refractivity contribution in [1.82, 2.24) is 4.90 Å². The summed E-state index contributed by atoms with van der Waals surface area (Å²) >= 11 is 0. The van der Waals surface area contributed by atoms with Gasteiger partial charge in [0.25, 0.3) is 0 Å². The molecule has 1 aliphatic heterocycles. The monoisotopic (exact) mass is 335 g/mol. The fraction of sp³-hybridized carbons (Fsp3) is 0.391. The van der Waals surface area contributed by atoms with Gasteiger partial charge in [-0.1, -0.05) is 67.4 Å². The van der Waals surface area contributed by atoms with Crippen LogP contribution >= 0.6 is 0 Å². The fourth-order valence-corrected chi connectivity index (χ4v) is 4.59. The molecule has 2 heteroatoms. The van der Waals surface area contributed by atoms with Crippen molar-refractivity contribution in [2.75, 3.05) is 13.1 Å². The highest BCUT2D eigenvalue weighted by Crippen LogP contribution is 2.37. The molecule has 0 N–H and O–H groups in total. The third-order valence-corrected chi connectivity index (χ3v) is 5.89. The Morgan fingerprint density at radius 1 is 0.880 bits per heavy atom. The molecule has 0 bridgehead atoms. The second kappa shape index (κ2) is 7.53. The minimum atomic E-state index is -0.0953. The highest BCUT2D eigenvalue weighted by atomic mass is 19.1. The third kappa shape index (κ3) is 3.55. The predicted octanol–water partition coefficient (Wildman–Crippen LogP) is 5.64. The molecule has 0 aromatic heterocycles. The van der Waals surface area contributed by atoms with Crippen LogP contribution in [0, 0.1) is 5.82 Å². The SMILES string of the molecule is Fc1ccccc1C1=CCN(C2CCCCC2c2ccccc2)CC1. The molecule has 2 aliphatic rings. The fourth-order valence-electron chi connectivity index (χ4n) is 4.59. The zero-order chi connectivity index (χ0) is 17.1. The van der Waals surface area contributed by atoms with E-state index >= 15 is 0 Å². The quantitative estimate of drug-likeness (QED) is 0.701. The lowest BCUT2D eigenvalue weighted by atomic mass is 9.78. The van der Waals surface area contributed by atoms with Crippen molar-refractivity contribution < 1.29 is 4.39 Å². The average Bonchev–Trinajstić information content (AvgIpc) is 2.69. The molecule has 1 heterocycles. The maximum absolute atomic E-state index is 14.1. The van der Waals surface area contributed by atoms with E-state index < -0.39 is 0 Å². The van der Waals surface area contributed by atoms with E-state index in [2.05, 4.69) is 41.3 Å². The number of halogens is 1. The molecule has 1 saturated carbocycles. The van der Waals surface area contributed by atoms with Crippen molar-refractivity contribution in [3.8, 4) is 0 Å². The van der Waals surface area contributed by atoms with Gasteiger partial charge in [0.1, 0.15) is 5.82 Å². The topological polar surface area (TPSA) is 3.24 Å². The zero-order valence-corrected chi connectivity index (χ0v) is 14.7. The highest BCUT2D eigenvalue weighted by molar-refractivity contribution is 5.67. The summed E-state index contributed by atoms with van der Waals surface area (Å²) in [7, 11) is 0. The van der Waals surface area contributed by atoms with Gasteiger partial charge >= 0.3 is 0 Å². The molecule has 0 radical (unpaired) electrons. The van der Waals surface area contributed by atoms with E-state index in [0.29, 0.717) is 12.0 Å². The second-order valence-electron chi connectivity index (χ2n) is 7.32. The van der Waals surface area contributed by atoms with E-state index in [0.717, 1.165) is 25.1 Å². The maximum Gasteiger partial charge on any atom is 0.130 e. The highest BCUT2D eigenvalue weighted by Gasteiger charge is 2.31. The summed E-state index contributed by atoms with van der Waals surface area (Å²) in [6, 6.07) is 18.8. The summed E-state index contributed by atoms with van der Waals surface area (Å²) < 4.78 is 14.1. The smallest absolute Gasteiger partial charge is 0.130 e. The molecule has 0 amide bonds. The molecule has 0 saturated heterocycles. The summed E-state index contributed by atoms with van der Waals surface area (Å²) in [6.45, 7) is 1.98. The lowest BCUT2D eigenvalue weighted by molar-refractivity contribution is 0.149. The molecule has 1 nitrogen and oxygen atoms in total. The standard InChI is InChI=1S/C23H26FN/c24-22-12-6-4-10-20(22)19-14-16-25(17-15-19)23-13-7-5-11-21(23)18-8-2-1-3-9-18/h1-4,6,8-10,12,14,21,23H,5,7,11,13,15-17H2. The molecule has 25 heavy (non-hydrogen) atoms. The minimum absolute atomic E-state index is 0.0953. The van der Waals surface area contributed by atoms with Crippen LogP contribution < -0.4 is 0 Å². The Labute approximate surface area is 150 Å². The van der Waals surface area contributed by atoms with Crippen LogP contribution in [0.2, 0.25) is 0 Å². The van der Waals surface area contributed by atoms with Crippen LogP contribution in [-0.4, -0.2) is 24.0 Å². The predicted molar refractivity (Wildman–Crippen MR) is 102 cm³/mol. The van der Waals surface area contributed by atoms with Crippen molar-refractivity contribution in [2.45, 2.75) is 44.1 Å². The molecule has 0 spiro atoms. The lowest BCUT2D eigenvalue weighted by Crippen LogP contribution is -2.43. The van der Waals surface area contributed by atoms with Gasteiger partial charge in [0.2, 0.25) is 0 Å². The summed E-state index contributed by atoms with van der Waals surface area (Å²) in [5, 5.41) is 0. The van der Waals surface area contributed by atoms with Gasteiger partial charge in [-0.05, 0) is 42.4 Å². The van der Waals surface area contributed by atoms with E-state index in [1.165, 1.54) is 36.8 Å². The van der Waals surface area contributed by atoms with Gasteiger partial charge in [0.15, 0.2) is 0 Å². The van der Waals surface area contributed by atoms with Gasteiger partial charge < -0.3 is 0 Å². The lowest BCUT2D eigenvalue weighted by Gasteiger charge is -2.41. The van der Waals surface area contributed by atoms with E-state index in [9.17, 15) is 4.39 Å². The molecule has 2 unspecified atom stereocenters.